The maximum absolute atomic E-state index is 12.4. The number of carbonyl (C=O) groups is 1. The molecular formula is C29H41NO2. The number of allylic oxidation sites excluding steroid dienone is 5. The fourth-order valence-electron chi connectivity index (χ4n) is 5.65. The zero-order valence-electron chi connectivity index (χ0n) is 20.2. The molecule has 1 aromatic rings. The lowest BCUT2D eigenvalue weighted by Gasteiger charge is -2.48. The standard InChI is InChI=1S/C29H41NO2/c1-20-16-17-25-19-22(3)28(31)23(4)27(25)26(20)15-10-11-21(2)29(32)30-18-9-8-14-24-12-6-5-7-13-24/h5-7,10-13,15-17,20,22-23,25-28,31H,8-9,14,18-19H2,1-4H3,(H,30,32)/t20-,22+,23-,25-,26-,27-,28-/m0/s1. The molecule has 1 saturated carbocycles. The third-order valence-electron chi connectivity index (χ3n) is 7.64. The van der Waals surface area contributed by atoms with Gasteiger partial charge in [0.25, 0.3) is 0 Å². The third-order valence-corrected chi connectivity index (χ3v) is 7.64. The van der Waals surface area contributed by atoms with Crippen LogP contribution >= 0.6 is 0 Å². The molecule has 0 radical (unpaired) electrons. The molecule has 0 aliphatic heterocycles. The minimum atomic E-state index is -0.226. The quantitative estimate of drug-likeness (QED) is 0.237. The summed E-state index contributed by atoms with van der Waals surface area (Å²) in [6.45, 7) is 9.22. The number of nitrogens with one attached hydrogen (secondary N) is 1. The molecule has 7 atom stereocenters. The van der Waals surface area contributed by atoms with Crippen molar-refractivity contribution < 1.29 is 9.90 Å². The van der Waals surface area contributed by atoms with Gasteiger partial charge in [0, 0.05) is 12.1 Å². The van der Waals surface area contributed by atoms with Gasteiger partial charge in [-0.15, -0.1) is 0 Å². The third kappa shape index (κ3) is 6.22. The van der Waals surface area contributed by atoms with Crippen LogP contribution in [0.5, 0.6) is 0 Å². The van der Waals surface area contributed by atoms with Crippen molar-refractivity contribution in [3.63, 3.8) is 0 Å². The molecule has 1 aromatic carbocycles. The second-order valence-corrected chi connectivity index (χ2v) is 10.1. The Morgan fingerprint density at radius 1 is 1.12 bits per heavy atom. The van der Waals surface area contributed by atoms with Crippen molar-refractivity contribution in [2.75, 3.05) is 6.54 Å². The summed E-state index contributed by atoms with van der Waals surface area (Å²) >= 11 is 0. The van der Waals surface area contributed by atoms with E-state index in [0.29, 0.717) is 36.1 Å². The topological polar surface area (TPSA) is 49.3 Å². The summed E-state index contributed by atoms with van der Waals surface area (Å²) in [7, 11) is 0. The van der Waals surface area contributed by atoms with Crippen LogP contribution in [0.4, 0.5) is 0 Å². The SMILES string of the molecule is CC(=CC=C[C@@H]1[C@H]2[C@H](C)[C@@H](O)[C@H](C)C[C@@H]2C=C[C@@H]1C)C(=O)NCCCCc1ccccc1. The molecule has 0 heterocycles. The molecular weight excluding hydrogens is 394 g/mol. The predicted octanol–water partition coefficient (Wildman–Crippen LogP) is 5.72. The zero-order valence-corrected chi connectivity index (χ0v) is 20.2. The Bertz CT molecular complexity index is 825. The zero-order chi connectivity index (χ0) is 23.1. The van der Waals surface area contributed by atoms with Crippen LogP contribution in [-0.2, 0) is 11.2 Å². The number of hydrogen-bond donors (Lipinski definition) is 2. The fourth-order valence-corrected chi connectivity index (χ4v) is 5.65. The van der Waals surface area contributed by atoms with E-state index in [4.69, 9.17) is 0 Å². The number of aliphatic hydroxyl groups is 1. The Hall–Kier alpha value is -2.13. The summed E-state index contributed by atoms with van der Waals surface area (Å²) in [5.41, 5.74) is 2.09. The first-order valence-electron chi connectivity index (χ1n) is 12.4. The molecule has 0 aromatic heterocycles. The molecule has 3 rings (SSSR count). The summed E-state index contributed by atoms with van der Waals surface area (Å²) in [6.07, 6.45) is 14.9. The monoisotopic (exact) mass is 435 g/mol. The number of fused-ring (bicyclic) bond motifs is 1. The summed E-state index contributed by atoms with van der Waals surface area (Å²) < 4.78 is 0. The maximum atomic E-state index is 12.4. The minimum absolute atomic E-state index is 0.0131. The normalized spacial score (nSPS) is 32.7. The van der Waals surface area contributed by atoms with Crippen LogP contribution in [0.15, 0.2) is 66.3 Å². The van der Waals surface area contributed by atoms with E-state index in [1.54, 1.807) is 0 Å². The lowest BCUT2D eigenvalue weighted by Crippen LogP contribution is -2.46. The van der Waals surface area contributed by atoms with E-state index in [1.165, 1.54) is 5.56 Å². The highest BCUT2D eigenvalue weighted by Gasteiger charge is 2.44. The molecule has 0 saturated heterocycles. The molecule has 2 aliphatic carbocycles. The number of aliphatic hydroxyl groups excluding tert-OH is 1. The van der Waals surface area contributed by atoms with Crippen molar-refractivity contribution >= 4 is 5.91 Å². The largest absolute Gasteiger partial charge is 0.393 e. The van der Waals surface area contributed by atoms with Crippen LogP contribution in [0, 0.1) is 35.5 Å². The molecule has 2 aliphatic rings. The Morgan fingerprint density at radius 3 is 2.62 bits per heavy atom. The number of rotatable bonds is 8. The molecule has 0 bridgehead atoms. The van der Waals surface area contributed by atoms with Gasteiger partial charge in [-0.3, -0.25) is 4.79 Å². The van der Waals surface area contributed by atoms with Crippen LogP contribution in [0.1, 0.15) is 52.5 Å². The Kier molecular flexibility index (Phi) is 8.92. The summed E-state index contributed by atoms with van der Waals surface area (Å²) in [4.78, 5) is 12.4. The van der Waals surface area contributed by atoms with Gasteiger partial charge in [0.2, 0.25) is 5.91 Å². The predicted molar refractivity (Wildman–Crippen MR) is 133 cm³/mol. The first-order chi connectivity index (χ1) is 15.4. The molecule has 0 unspecified atom stereocenters. The van der Waals surface area contributed by atoms with Gasteiger partial charge in [0.05, 0.1) is 6.10 Å². The van der Waals surface area contributed by atoms with Gasteiger partial charge < -0.3 is 10.4 Å². The van der Waals surface area contributed by atoms with Crippen LogP contribution in [0.25, 0.3) is 0 Å². The molecule has 2 N–H and O–H groups in total. The molecule has 1 amide bonds. The van der Waals surface area contributed by atoms with Gasteiger partial charge in [-0.25, -0.2) is 0 Å². The Morgan fingerprint density at radius 2 is 1.88 bits per heavy atom. The first-order valence-corrected chi connectivity index (χ1v) is 12.4. The van der Waals surface area contributed by atoms with E-state index in [0.717, 1.165) is 31.3 Å². The maximum Gasteiger partial charge on any atom is 0.246 e. The van der Waals surface area contributed by atoms with Crippen molar-refractivity contribution in [1.82, 2.24) is 5.32 Å². The van der Waals surface area contributed by atoms with Gasteiger partial charge >= 0.3 is 0 Å². The van der Waals surface area contributed by atoms with E-state index in [9.17, 15) is 9.90 Å². The van der Waals surface area contributed by atoms with Gasteiger partial charge in [-0.05, 0) is 73.7 Å². The number of aryl methyl sites for hydroxylation is 1. The number of benzene rings is 1. The van der Waals surface area contributed by atoms with E-state index < -0.39 is 0 Å². The fraction of sp³-hybridized carbons (Fsp3) is 0.552. The van der Waals surface area contributed by atoms with Crippen molar-refractivity contribution in [3.8, 4) is 0 Å². The Balaban J connectivity index is 1.48. The molecule has 1 fully saturated rings. The van der Waals surface area contributed by atoms with Crippen molar-refractivity contribution in [2.45, 2.75) is 59.5 Å². The van der Waals surface area contributed by atoms with E-state index in [2.05, 4.69) is 74.7 Å². The highest BCUT2D eigenvalue weighted by atomic mass is 16.3. The van der Waals surface area contributed by atoms with Gasteiger partial charge in [0.1, 0.15) is 0 Å². The minimum Gasteiger partial charge on any atom is -0.393 e. The highest BCUT2D eigenvalue weighted by Crippen LogP contribution is 2.48. The molecule has 32 heavy (non-hydrogen) atoms. The molecule has 174 valence electrons. The molecule has 0 spiro atoms. The first kappa shape index (κ1) is 24.5. The number of carbonyl (C=O) groups excluding carboxylic acids is 1. The van der Waals surface area contributed by atoms with Crippen molar-refractivity contribution in [3.05, 3.63) is 71.8 Å². The summed E-state index contributed by atoms with van der Waals surface area (Å²) in [5, 5.41) is 13.7. The van der Waals surface area contributed by atoms with Gasteiger partial charge in [-0.1, -0.05) is 81.5 Å². The lowest BCUT2D eigenvalue weighted by molar-refractivity contribution is -0.117. The van der Waals surface area contributed by atoms with Gasteiger partial charge in [-0.2, -0.15) is 0 Å². The van der Waals surface area contributed by atoms with Crippen molar-refractivity contribution in [1.29, 1.82) is 0 Å². The lowest BCUT2D eigenvalue weighted by atomic mass is 9.58. The van der Waals surface area contributed by atoms with Crippen LogP contribution < -0.4 is 5.32 Å². The highest BCUT2D eigenvalue weighted by molar-refractivity contribution is 5.93. The van der Waals surface area contributed by atoms with Crippen molar-refractivity contribution in [2.24, 2.45) is 35.5 Å². The van der Waals surface area contributed by atoms with Crippen LogP contribution in [-0.4, -0.2) is 23.7 Å². The van der Waals surface area contributed by atoms with Crippen LogP contribution in [0.3, 0.4) is 0 Å². The van der Waals surface area contributed by atoms with E-state index in [-0.39, 0.29) is 17.9 Å². The van der Waals surface area contributed by atoms with E-state index >= 15 is 0 Å². The second kappa shape index (κ2) is 11.7. The average molecular weight is 436 g/mol. The van der Waals surface area contributed by atoms with E-state index in [1.807, 2.05) is 19.1 Å². The van der Waals surface area contributed by atoms with Gasteiger partial charge in [0.15, 0.2) is 0 Å². The second-order valence-electron chi connectivity index (χ2n) is 10.1. The average Bonchev–Trinajstić information content (AvgIpc) is 2.79. The molecule has 3 nitrogen and oxygen atoms in total. The molecule has 3 heteroatoms. The Labute approximate surface area is 194 Å². The number of unbranched alkanes of at least 4 members (excludes halogenated alkanes) is 1. The van der Waals surface area contributed by atoms with Crippen LogP contribution in [0.2, 0.25) is 0 Å². The smallest absolute Gasteiger partial charge is 0.246 e. The number of hydrogen-bond acceptors (Lipinski definition) is 2. The number of amides is 1. The summed E-state index contributed by atoms with van der Waals surface area (Å²) in [5.74, 6) is 2.50. The summed E-state index contributed by atoms with van der Waals surface area (Å²) in [6, 6.07) is 10.5.